The third kappa shape index (κ3) is 3.57. The number of rotatable bonds is 5. The quantitative estimate of drug-likeness (QED) is 0.865. The van der Waals surface area contributed by atoms with E-state index in [0.717, 1.165) is 25.0 Å². The maximum atomic E-state index is 12.6. The summed E-state index contributed by atoms with van der Waals surface area (Å²) in [5.74, 6) is -0.444. The van der Waals surface area contributed by atoms with Crippen molar-refractivity contribution in [2.24, 2.45) is 0 Å². The number of halogens is 1. The van der Waals surface area contributed by atoms with Crippen molar-refractivity contribution in [2.45, 2.75) is 37.6 Å². The zero-order chi connectivity index (χ0) is 12.2. The maximum Gasteiger partial charge on any atom is 0.240 e. The van der Waals surface area contributed by atoms with Gasteiger partial charge in [-0.25, -0.2) is 17.5 Å². The molecule has 0 radical (unpaired) electrons. The van der Waals surface area contributed by atoms with Crippen molar-refractivity contribution in [1.29, 1.82) is 0 Å². The lowest BCUT2D eigenvalue weighted by Crippen LogP contribution is -2.32. The fourth-order valence-electron chi connectivity index (χ4n) is 1.44. The summed E-state index contributed by atoms with van der Waals surface area (Å²) in [4.78, 5) is 0.0943. The fraction of sp³-hybridized carbons (Fsp3) is 0.455. The van der Waals surface area contributed by atoms with Crippen molar-refractivity contribution in [1.82, 2.24) is 4.72 Å². The summed E-state index contributed by atoms with van der Waals surface area (Å²) in [5, 5.41) is 0. The highest BCUT2D eigenvalue weighted by atomic mass is 32.2. The molecule has 0 spiro atoms. The van der Waals surface area contributed by atoms with Crippen LogP contribution in [0.25, 0.3) is 0 Å². The van der Waals surface area contributed by atoms with Crippen LogP contribution in [0.3, 0.4) is 0 Å². The SMILES string of the molecule is CCC[C@H](C)NS(=O)(=O)c1ccc(F)cc1. The highest BCUT2D eigenvalue weighted by molar-refractivity contribution is 7.89. The van der Waals surface area contributed by atoms with Crippen molar-refractivity contribution < 1.29 is 12.8 Å². The Bertz CT molecular complexity index is 428. The Hall–Kier alpha value is -0.940. The Balaban J connectivity index is 2.82. The molecule has 0 aliphatic rings. The Kier molecular flexibility index (Phi) is 4.44. The molecule has 0 aromatic heterocycles. The number of sulfonamides is 1. The van der Waals surface area contributed by atoms with Gasteiger partial charge < -0.3 is 0 Å². The van der Waals surface area contributed by atoms with E-state index < -0.39 is 15.8 Å². The Morgan fingerprint density at radius 1 is 1.31 bits per heavy atom. The van der Waals surface area contributed by atoms with Crippen molar-refractivity contribution >= 4 is 10.0 Å². The molecule has 0 saturated heterocycles. The van der Waals surface area contributed by atoms with Crippen LogP contribution in [0, 0.1) is 5.82 Å². The normalized spacial score (nSPS) is 13.7. The van der Waals surface area contributed by atoms with Gasteiger partial charge in [0.05, 0.1) is 4.90 Å². The molecule has 0 amide bonds. The van der Waals surface area contributed by atoms with Gasteiger partial charge in [0.25, 0.3) is 0 Å². The summed E-state index contributed by atoms with van der Waals surface area (Å²) >= 11 is 0. The maximum absolute atomic E-state index is 12.6. The highest BCUT2D eigenvalue weighted by Gasteiger charge is 2.16. The largest absolute Gasteiger partial charge is 0.240 e. The molecule has 5 heteroatoms. The van der Waals surface area contributed by atoms with Crippen LogP contribution in [0.4, 0.5) is 4.39 Å². The molecule has 0 unspecified atom stereocenters. The second-order valence-electron chi connectivity index (χ2n) is 3.76. The first-order valence-corrected chi connectivity index (χ1v) is 6.72. The second-order valence-corrected chi connectivity index (χ2v) is 5.48. The van der Waals surface area contributed by atoms with Gasteiger partial charge in [0.1, 0.15) is 5.82 Å². The summed E-state index contributed by atoms with van der Waals surface area (Å²) in [6.45, 7) is 3.80. The van der Waals surface area contributed by atoms with E-state index in [2.05, 4.69) is 4.72 Å². The van der Waals surface area contributed by atoms with E-state index in [4.69, 9.17) is 0 Å². The van der Waals surface area contributed by atoms with Crippen LogP contribution < -0.4 is 4.72 Å². The van der Waals surface area contributed by atoms with Gasteiger partial charge >= 0.3 is 0 Å². The van der Waals surface area contributed by atoms with Crippen molar-refractivity contribution in [2.75, 3.05) is 0 Å². The highest BCUT2D eigenvalue weighted by Crippen LogP contribution is 2.11. The van der Waals surface area contributed by atoms with E-state index >= 15 is 0 Å². The van der Waals surface area contributed by atoms with Gasteiger partial charge in [0.2, 0.25) is 10.0 Å². The fourth-order valence-corrected chi connectivity index (χ4v) is 2.72. The molecule has 0 aliphatic carbocycles. The van der Waals surface area contributed by atoms with Crippen LogP contribution >= 0.6 is 0 Å². The van der Waals surface area contributed by atoms with Crippen molar-refractivity contribution in [3.05, 3.63) is 30.1 Å². The lowest BCUT2D eigenvalue weighted by molar-refractivity contribution is 0.543. The minimum Gasteiger partial charge on any atom is -0.208 e. The van der Waals surface area contributed by atoms with Crippen LogP contribution in [-0.2, 0) is 10.0 Å². The molecule has 0 saturated carbocycles. The van der Waals surface area contributed by atoms with Crippen molar-refractivity contribution in [3.8, 4) is 0 Å². The van der Waals surface area contributed by atoms with E-state index in [0.29, 0.717) is 0 Å². The minimum atomic E-state index is -3.52. The Morgan fingerprint density at radius 3 is 2.38 bits per heavy atom. The first-order chi connectivity index (χ1) is 7.45. The summed E-state index contributed by atoms with van der Waals surface area (Å²) in [6.07, 6.45) is 1.69. The number of nitrogens with one attached hydrogen (secondary N) is 1. The van der Waals surface area contributed by atoms with Gasteiger partial charge in [-0.2, -0.15) is 0 Å². The predicted octanol–water partition coefficient (Wildman–Crippen LogP) is 2.29. The third-order valence-corrected chi connectivity index (χ3v) is 3.81. The third-order valence-electron chi connectivity index (χ3n) is 2.20. The van der Waals surface area contributed by atoms with Gasteiger partial charge in [-0.15, -0.1) is 0 Å². The predicted molar refractivity (Wildman–Crippen MR) is 61.1 cm³/mol. The van der Waals surface area contributed by atoms with Crippen LogP contribution in [0.5, 0.6) is 0 Å². The summed E-state index contributed by atoms with van der Waals surface area (Å²) in [7, 11) is -3.52. The first kappa shape index (κ1) is 13.1. The van der Waals surface area contributed by atoms with Crippen LogP contribution in [0.2, 0.25) is 0 Å². The summed E-state index contributed by atoms with van der Waals surface area (Å²) in [6, 6.07) is 4.69. The topological polar surface area (TPSA) is 46.2 Å². The van der Waals surface area contributed by atoms with Gasteiger partial charge in [0, 0.05) is 6.04 Å². The molecule has 90 valence electrons. The summed E-state index contributed by atoms with van der Waals surface area (Å²) < 4.78 is 38.8. The molecule has 3 nitrogen and oxygen atoms in total. The van der Waals surface area contributed by atoms with E-state index in [1.807, 2.05) is 13.8 Å². The Morgan fingerprint density at radius 2 is 1.88 bits per heavy atom. The average molecular weight is 245 g/mol. The monoisotopic (exact) mass is 245 g/mol. The molecule has 1 aromatic carbocycles. The standard InChI is InChI=1S/C11H16FNO2S/c1-3-4-9(2)13-16(14,15)11-7-5-10(12)6-8-11/h5-9,13H,3-4H2,1-2H3/t9-/m0/s1. The Labute approximate surface area is 95.7 Å². The summed E-state index contributed by atoms with van der Waals surface area (Å²) in [5.41, 5.74) is 0. The molecular formula is C11H16FNO2S. The number of benzene rings is 1. The van der Waals surface area contributed by atoms with Gasteiger partial charge in [-0.3, -0.25) is 0 Å². The first-order valence-electron chi connectivity index (χ1n) is 5.23. The minimum absolute atomic E-state index is 0.0943. The van der Waals surface area contributed by atoms with Gasteiger partial charge in [-0.05, 0) is 37.6 Å². The average Bonchev–Trinajstić information content (AvgIpc) is 2.17. The zero-order valence-electron chi connectivity index (χ0n) is 9.40. The second kappa shape index (κ2) is 5.41. The molecule has 0 aliphatic heterocycles. The molecule has 0 heterocycles. The number of hydrogen-bond donors (Lipinski definition) is 1. The van der Waals surface area contributed by atoms with Crippen LogP contribution in [0.1, 0.15) is 26.7 Å². The molecule has 0 bridgehead atoms. The lowest BCUT2D eigenvalue weighted by Gasteiger charge is -2.13. The van der Waals surface area contributed by atoms with Gasteiger partial charge in [0.15, 0.2) is 0 Å². The van der Waals surface area contributed by atoms with E-state index in [1.165, 1.54) is 12.1 Å². The van der Waals surface area contributed by atoms with Crippen molar-refractivity contribution in [3.63, 3.8) is 0 Å². The molecule has 1 rings (SSSR count). The molecule has 1 N–H and O–H groups in total. The molecule has 1 atom stereocenters. The van der Waals surface area contributed by atoms with E-state index in [-0.39, 0.29) is 10.9 Å². The van der Waals surface area contributed by atoms with Crippen LogP contribution in [-0.4, -0.2) is 14.5 Å². The molecule has 16 heavy (non-hydrogen) atoms. The zero-order valence-corrected chi connectivity index (χ0v) is 10.2. The molecule has 0 fully saturated rings. The van der Waals surface area contributed by atoms with Crippen LogP contribution in [0.15, 0.2) is 29.2 Å². The van der Waals surface area contributed by atoms with E-state index in [9.17, 15) is 12.8 Å². The van der Waals surface area contributed by atoms with Gasteiger partial charge in [-0.1, -0.05) is 13.3 Å². The van der Waals surface area contributed by atoms with E-state index in [1.54, 1.807) is 0 Å². The molecule has 1 aromatic rings. The lowest BCUT2D eigenvalue weighted by atomic mass is 10.2. The molecular weight excluding hydrogens is 229 g/mol. The number of hydrogen-bond acceptors (Lipinski definition) is 2. The smallest absolute Gasteiger partial charge is 0.208 e.